The van der Waals surface area contributed by atoms with Crippen LogP contribution in [0.5, 0.6) is 0 Å². The Morgan fingerprint density at radius 2 is 1.78 bits per heavy atom. The highest BCUT2D eigenvalue weighted by molar-refractivity contribution is 7.89. The third-order valence-corrected chi connectivity index (χ3v) is 7.34. The van der Waals surface area contributed by atoms with Crippen LogP contribution in [-0.2, 0) is 26.0 Å². The van der Waals surface area contributed by atoms with Crippen LogP contribution in [-0.4, -0.2) is 61.9 Å². The van der Waals surface area contributed by atoms with Crippen LogP contribution in [0.25, 0.3) is 0 Å². The number of morpholine rings is 1. The van der Waals surface area contributed by atoms with E-state index in [1.54, 1.807) is 16.4 Å². The molecule has 0 aliphatic carbocycles. The third-order valence-electron chi connectivity index (χ3n) is 5.43. The minimum Gasteiger partial charge on any atom is -0.375 e. The van der Waals surface area contributed by atoms with E-state index in [0.717, 1.165) is 24.8 Å². The van der Waals surface area contributed by atoms with E-state index in [1.807, 2.05) is 30.9 Å². The summed E-state index contributed by atoms with van der Waals surface area (Å²) in [6, 6.07) is 7.10. The average Bonchev–Trinajstić information content (AvgIpc) is 2.69. The summed E-state index contributed by atoms with van der Waals surface area (Å²) >= 11 is 0. The summed E-state index contributed by atoms with van der Waals surface area (Å²) in [5.74, 6) is 0.127. The number of hydrogen-bond donors (Lipinski definition) is 0. The SMILES string of the molecule is C[C@@H]1CO[C@@H](C)CN1C(=O)CCc1ccc(S(=O)(=O)N2CCCCC2)cc1. The highest BCUT2D eigenvalue weighted by Gasteiger charge is 2.28. The van der Waals surface area contributed by atoms with Crippen molar-refractivity contribution in [3.63, 3.8) is 0 Å². The molecular weight excluding hydrogens is 364 g/mol. The smallest absolute Gasteiger partial charge is 0.243 e. The Bertz CT molecular complexity index is 742. The van der Waals surface area contributed by atoms with Crippen molar-refractivity contribution in [1.82, 2.24) is 9.21 Å². The first-order valence-electron chi connectivity index (χ1n) is 9.88. The zero-order chi connectivity index (χ0) is 19.4. The predicted molar refractivity (Wildman–Crippen MR) is 104 cm³/mol. The van der Waals surface area contributed by atoms with E-state index in [0.29, 0.717) is 44.0 Å². The second kappa shape index (κ2) is 8.71. The minimum absolute atomic E-state index is 0.0735. The zero-order valence-corrected chi connectivity index (χ0v) is 17.1. The van der Waals surface area contributed by atoms with Crippen LogP contribution in [0.15, 0.2) is 29.2 Å². The number of carbonyl (C=O) groups excluding carboxylic acids is 1. The molecule has 0 radical (unpaired) electrons. The van der Waals surface area contributed by atoms with Gasteiger partial charge in [-0.1, -0.05) is 18.6 Å². The van der Waals surface area contributed by atoms with Crippen LogP contribution in [0.1, 0.15) is 45.1 Å². The summed E-state index contributed by atoms with van der Waals surface area (Å²) in [5.41, 5.74) is 0.981. The van der Waals surface area contributed by atoms with Crippen molar-refractivity contribution < 1.29 is 17.9 Å². The maximum atomic E-state index is 12.7. The van der Waals surface area contributed by atoms with Crippen LogP contribution in [0, 0.1) is 0 Å². The second-order valence-corrected chi connectivity index (χ2v) is 9.59. The summed E-state index contributed by atoms with van der Waals surface area (Å²) in [6.45, 7) is 6.41. The predicted octanol–water partition coefficient (Wildman–Crippen LogP) is 2.43. The first-order valence-corrected chi connectivity index (χ1v) is 11.3. The molecule has 2 aliphatic rings. The maximum Gasteiger partial charge on any atom is 0.243 e. The number of amides is 1. The number of sulfonamides is 1. The zero-order valence-electron chi connectivity index (χ0n) is 16.3. The Morgan fingerprint density at radius 1 is 1.11 bits per heavy atom. The Balaban J connectivity index is 1.58. The second-order valence-electron chi connectivity index (χ2n) is 7.65. The van der Waals surface area contributed by atoms with Crippen molar-refractivity contribution in [2.75, 3.05) is 26.2 Å². The van der Waals surface area contributed by atoms with Gasteiger partial charge in [-0.2, -0.15) is 4.31 Å². The fourth-order valence-electron chi connectivity index (χ4n) is 3.73. The van der Waals surface area contributed by atoms with E-state index >= 15 is 0 Å². The largest absolute Gasteiger partial charge is 0.375 e. The van der Waals surface area contributed by atoms with Gasteiger partial charge in [-0.25, -0.2) is 8.42 Å². The number of rotatable bonds is 5. The van der Waals surface area contributed by atoms with E-state index in [2.05, 4.69) is 0 Å². The van der Waals surface area contributed by atoms with Gasteiger partial charge in [0.15, 0.2) is 0 Å². The maximum absolute atomic E-state index is 12.7. The third kappa shape index (κ3) is 4.89. The van der Waals surface area contributed by atoms with Gasteiger partial charge >= 0.3 is 0 Å². The molecule has 7 heteroatoms. The van der Waals surface area contributed by atoms with Crippen molar-refractivity contribution in [3.05, 3.63) is 29.8 Å². The van der Waals surface area contributed by atoms with Gasteiger partial charge in [-0.15, -0.1) is 0 Å². The molecule has 2 fully saturated rings. The van der Waals surface area contributed by atoms with Crippen molar-refractivity contribution >= 4 is 15.9 Å². The Morgan fingerprint density at radius 3 is 2.44 bits per heavy atom. The van der Waals surface area contributed by atoms with Crippen molar-refractivity contribution in [1.29, 1.82) is 0 Å². The number of nitrogens with zero attached hydrogens (tertiary/aromatic N) is 2. The summed E-state index contributed by atoms with van der Waals surface area (Å²) < 4.78 is 32.5. The molecule has 2 saturated heterocycles. The molecule has 1 aromatic rings. The fourth-order valence-corrected chi connectivity index (χ4v) is 5.25. The van der Waals surface area contributed by atoms with Crippen LogP contribution < -0.4 is 0 Å². The molecule has 0 saturated carbocycles. The molecule has 0 aromatic heterocycles. The van der Waals surface area contributed by atoms with Crippen LogP contribution in [0.3, 0.4) is 0 Å². The number of piperidine rings is 1. The van der Waals surface area contributed by atoms with Crippen molar-refractivity contribution in [2.24, 2.45) is 0 Å². The molecular formula is C20H30N2O4S. The standard InChI is InChI=1S/C20H30N2O4S/c1-16-15-26-17(2)14-22(16)20(23)11-8-18-6-9-19(10-7-18)27(24,25)21-12-4-3-5-13-21/h6-7,9-10,16-17H,3-5,8,11-15H2,1-2H3/t16-,17+/m1/s1. The number of hydrogen-bond acceptors (Lipinski definition) is 4. The molecule has 6 nitrogen and oxygen atoms in total. The Hall–Kier alpha value is -1.44. The normalized spacial score (nSPS) is 24.7. The molecule has 0 N–H and O–H groups in total. The first-order chi connectivity index (χ1) is 12.9. The van der Waals surface area contributed by atoms with E-state index < -0.39 is 10.0 Å². The summed E-state index contributed by atoms with van der Waals surface area (Å²) in [7, 11) is -3.40. The molecule has 27 heavy (non-hydrogen) atoms. The summed E-state index contributed by atoms with van der Waals surface area (Å²) in [4.78, 5) is 14.8. The lowest BCUT2D eigenvalue weighted by Gasteiger charge is -2.37. The van der Waals surface area contributed by atoms with E-state index in [9.17, 15) is 13.2 Å². The molecule has 2 aliphatic heterocycles. The molecule has 2 heterocycles. The fraction of sp³-hybridized carbons (Fsp3) is 0.650. The molecule has 3 rings (SSSR count). The first kappa shape index (κ1) is 20.3. The van der Waals surface area contributed by atoms with Gasteiger partial charge in [0.1, 0.15) is 0 Å². The molecule has 0 spiro atoms. The van der Waals surface area contributed by atoms with Gasteiger partial charge in [-0.05, 0) is 50.8 Å². The van der Waals surface area contributed by atoms with Gasteiger partial charge < -0.3 is 9.64 Å². The number of benzene rings is 1. The molecule has 1 aromatic carbocycles. The van der Waals surface area contributed by atoms with Gasteiger partial charge in [0, 0.05) is 26.1 Å². The van der Waals surface area contributed by atoms with E-state index in [-0.39, 0.29) is 18.1 Å². The van der Waals surface area contributed by atoms with Crippen LogP contribution in [0.2, 0.25) is 0 Å². The van der Waals surface area contributed by atoms with Crippen molar-refractivity contribution in [3.8, 4) is 0 Å². The van der Waals surface area contributed by atoms with E-state index in [1.165, 1.54) is 0 Å². The van der Waals surface area contributed by atoms with Gasteiger partial charge in [0.25, 0.3) is 0 Å². The topological polar surface area (TPSA) is 66.9 Å². The number of ether oxygens (including phenoxy) is 1. The number of aryl methyl sites for hydroxylation is 1. The lowest BCUT2D eigenvalue weighted by molar-refractivity contribution is -0.143. The summed E-state index contributed by atoms with van der Waals surface area (Å²) in [6.07, 6.45) is 4.07. The highest BCUT2D eigenvalue weighted by Crippen LogP contribution is 2.21. The highest BCUT2D eigenvalue weighted by atomic mass is 32.2. The lowest BCUT2D eigenvalue weighted by atomic mass is 10.1. The van der Waals surface area contributed by atoms with Gasteiger partial charge in [0.2, 0.25) is 15.9 Å². The van der Waals surface area contributed by atoms with Gasteiger partial charge in [-0.3, -0.25) is 4.79 Å². The van der Waals surface area contributed by atoms with Gasteiger partial charge in [0.05, 0.1) is 23.6 Å². The van der Waals surface area contributed by atoms with Crippen LogP contribution in [0.4, 0.5) is 0 Å². The average molecular weight is 395 g/mol. The van der Waals surface area contributed by atoms with E-state index in [4.69, 9.17) is 4.74 Å². The minimum atomic E-state index is -3.40. The molecule has 0 unspecified atom stereocenters. The van der Waals surface area contributed by atoms with Crippen molar-refractivity contribution in [2.45, 2.75) is 63.0 Å². The molecule has 0 bridgehead atoms. The monoisotopic (exact) mass is 394 g/mol. The lowest BCUT2D eigenvalue weighted by Crippen LogP contribution is -2.50. The Kier molecular flexibility index (Phi) is 6.55. The van der Waals surface area contributed by atoms with Crippen LogP contribution >= 0.6 is 0 Å². The molecule has 150 valence electrons. The quantitative estimate of drug-likeness (QED) is 0.769. The molecule has 2 atom stereocenters. The Labute approximate surface area is 162 Å². The molecule has 1 amide bonds. The summed E-state index contributed by atoms with van der Waals surface area (Å²) in [5, 5.41) is 0. The number of carbonyl (C=O) groups is 1.